The maximum absolute atomic E-state index is 4.28. The summed E-state index contributed by atoms with van der Waals surface area (Å²) < 4.78 is 0.901. The van der Waals surface area contributed by atoms with Crippen LogP contribution in [0.25, 0.3) is 0 Å². The maximum atomic E-state index is 4.28. The minimum atomic E-state index is -0.00280. The third kappa shape index (κ3) is 5.00. The van der Waals surface area contributed by atoms with Crippen molar-refractivity contribution in [3.8, 4) is 0 Å². The molecular formula is C14H24BrN5. The van der Waals surface area contributed by atoms with Crippen molar-refractivity contribution in [2.24, 2.45) is 0 Å². The summed E-state index contributed by atoms with van der Waals surface area (Å²) in [4.78, 5) is 13.5. The molecule has 0 saturated carbocycles. The summed E-state index contributed by atoms with van der Waals surface area (Å²) in [5.41, 5.74) is -0.00280. The summed E-state index contributed by atoms with van der Waals surface area (Å²) in [6.07, 6.45) is 4.62. The fraction of sp³-hybridized carbons (Fsp3) is 0.714. The van der Waals surface area contributed by atoms with Gasteiger partial charge in [-0.3, -0.25) is 0 Å². The molecule has 1 aromatic rings. The number of hydrogen-bond donors (Lipinski definition) is 1. The third-order valence-corrected chi connectivity index (χ3v) is 4.13. The zero-order valence-corrected chi connectivity index (χ0v) is 14.2. The summed E-state index contributed by atoms with van der Waals surface area (Å²) in [5, 5.41) is 3.41. The van der Waals surface area contributed by atoms with Crippen molar-refractivity contribution < 1.29 is 0 Å². The Bertz CT molecular complexity index is 412. The van der Waals surface area contributed by atoms with E-state index >= 15 is 0 Å². The Morgan fingerprint density at radius 2 is 1.80 bits per heavy atom. The highest BCUT2D eigenvalue weighted by Crippen LogP contribution is 2.17. The Kier molecular flexibility index (Phi) is 5.35. The monoisotopic (exact) mass is 341 g/mol. The van der Waals surface area contributed by atoms with Crippen LogP contribution in [0.5, 0.6) is 0 Å². The number of rotatable bonds is 5. The Morgan fingerprint density at radius 3 is 2.40 bits per heavy atom. The van der Waals surface area contributed by atoms with Crippen molar-refractivity contribution >= 4 is 21.9 Å². The number of nitrogens with zero attached hydrogens (tertiary/aromatic N) is 4. The van der Waals surface area contributed by atoms with Crippen LogP contribution in [0.1, 0.15) is 20.3 Å². The number of likely N-dealkylation sites (N-methyl/N-ethyl adjacent to an activating group) is 1. The first-order chi connectivity index (χ1) is 9.44. The zero-order chi connectivity index (χ0) is 14.6. The number of halogens is 1. The molecule has 0 bridgehead atoms. The second-order valence-corrected chi connectivity index (χ2v) is 7.04. The van der Waals surface area contributed by atoms with Gasteiger partial charge in [0.15, 0.2) is 0 Å². The number of aromatic nitrogens is 2. The van der Waals surface area contributed by atoms with E-state index in [0.717, 1.165) is 17.4 Å². The molecule has 6 heteroatoms. The van der Waals surface area contributed by atoms with Gasteiger partial charge in [0.1, 0.15) is 0 Å². The molecule has 1 aromatic heterocycles. The van der Waals surface area contributed by atoms with E-state index in [0.29, 0.717) is 5.95 Å². The van der Waals surface area contributed by atoms with Gasteiger partial charge in [-0.1, -0.05) is 0 Å². The predicted octanol–water partition coefficient (Wildman–Crippen LogP) is 2.07. The molecule has 0 unspecified atom stereocenters. The van der Waals surface area contributed by atoms with E-state index in [1.807, 2.05) is 0 Å². The molecule has 0 aliphatic carbocycles. The molecule has 1 saturated heterocycles. The summed E-state index contributed by atoms with van der Waals surface area (Å²) >= 11 is 3.35. The van der Waals surface area contributed by atoms with Crippen molar-refractivity contribution in [2.45, 2.75) is 25.8 Å². The molecular weight excluding hydrogens is 318 g/mol. The van der Waals surface area contributed by atoms with Gasteiger partial charge in [-0.25, -0.2) is 9.97 Å². The number of anilines is 1. The van der Waals surface area contributed by atoms with Gasteiger partial charge in [-0.15, -0.1) is 0 Å². The minimum Gasteiger partial charge on any atom is -0.349 e. The van der Waals surface area contributed by atoms with Crippen molar-refractivity contribution in [2.75, 3.05) is 45.1 Å². The van der Waals surface area contributed by atoms with E-state index in [-0.39, 0.29) is 5.54 Å². The first kappa shape index (κ1) is 15.7. The molecule has 5 nitrogen and oxygen atoms in total. The number of hydrogen-bond acceptors (Lipinski definition) is 5. The number of piperazine rings is 1. The van der Waals surface area contributed by atoms with Gasteiger partial charge in [0.25, 0.3) is 0 Å². The van der Waals surface area contributed by atoms with Crippen LogP contribution < -0.4 is 5.32 Å². The number of nitrogens with one attached hydrogen (secondary N) is 1. The van der Waals surface area contributed by atoms with Crippen LogP contribution in [0.15, 0.2) is 16.9 Å². The van der Waals surface area contributed by atoms with Crippen LogP contribution in [0, 0.1) is 0 Å². The summed E-state index contributed by atoms with van der Waals surface area (Å²) in [7, 11) is 2.19. The molecule has 0 atom stereocenters. The Hall–Kier alpha value is -0.720. The molecule has 0 radical (unpaired) electrons. The van der Waals surface area contributed by atoms with Crippen molar-refractivity contribution in [1.29, 1.82) is 0 Å². The van der Waals surface area contributed by atoms with Crippen molar-refractivity contribution in [3.63, 3.8) is 0 Å². The largest absolute Gasteiger partial charge is 0.349 e. The van der Waals surface area contributed by atoms with Crippen LogP contribution in [-0.4, -0.2) is 65.1 Å². The fourth-order valence-electron chi connectivity index (χ4n) is 2.25. The second kappa shape index (κ2) is 6.83. The molecule has 112 valence electrons. The van der Waals surface area contributed by atoms with E-state index in [4.69, 9.17) is 0 Å². The summed E-state index contributed by atoms with van der Waals surface area (Å²) in [6, 6.07) is 0. The normalized spacial score (nSPS) is 18.2. The van der Waals surface area contributed by atoms with Crippen LogP contribution in [0.3, 0.4) is 0 Å². The van der Waals surface area contributed by atoms with Gasteiger partial charge in [-0.2, -0.15) is 0 Å². The highest BCUT2D eigenvalue weighted by Gasteiger charge is 2.21. The highest BCUT2D eigenvalue weighted by atomic mass is 79.9. The molecule has 0 aromatic carbocycles. The average molecular weight is 342 g/mol. The van der Waals surface area contributed by atoms with E-state index in [1.165, 1.54) is 26.2 Å². The maximum Gasteiger partial charge on any atom is 0.223 e. The molecule has 1 fully saturated rings. The molecule has 20 heavy (non-hydrogen) atoms. The van der Waals surface area contributed by atoms with Gasteiger partial charge in [-0.05, 0) is 43.2 Å². The van der Waals surface area contributed by atoms with Crippen LogP contribution in [0.4, 0.5) is 5.95 Å². The Balaban J connectivity index is 1.80. The van der Waals surface area contributed by atoms with Crippen LogP contribution >= 0.6 is 15.9 Å². The Labute approximate surface area is 129 Å². The first-order valence-corrected chi connectivity index (χ1v) is 7.90. The van der Waals surface area contributed by atoms with Gasteiger partial charge < -0.3 is 15.1 Å². The summed E-state index contributed by atoms with van der Waals surface area (Å²) in [5.74, 6) is 0.691. The highest BCUT2D eigenvalue weighted by molar-refractivity contribution is 9.10. The molecule has 1 N–H and O–H groups in total. The topological polar surface area (TPSA) is 44.3 Å². The standard InChI is InChI=1S/C14H24BrN5/c1-14(2,18-13-16-10-12(15)11-17-13)4-5-20-8-6-19(3)7-9-20/h10-11H,4-9H2,1-3H3,(H,16,17,18). The molecule has 0 amide bonds. The molecule has 0 spiro atoms. The van der Waals surface area contributed by atoms with E-state index in [9.17, 15) is 0 Å². The van der Waals surface area contributed by atoms with E-state index < -0.39 is 0 Å². The van der Waals surface area contributed by atoms with E-state index in [1.54, 1.807) is 12.4 Å². The van der Waals surface area contributed by atoms with Crippen molar-refractivity contribution in [1.82, 2.24) is 19.8 Å². The smallest absolute Gasteiger partial charge is 0.223 e. The molecule has 2 heterocycles. The molecule has 1 aliphatic rings. The quantitative estimate of drug-likeness (QED) is 0.888. The first-order valence-electron chi connectivity index (χ1n) is 7.11. The fourth-order valence-corrected chi connectivity index (χ4v) is 2.46. The van der Waals surface area contributed by atoms with Crippen LogP contribution in [-0.2, 0) is 0 Å². The van der Waals surface area contributed by atoms with Gasteiger partial charge in [0.2, 0.25) is 5.95 Å². The van der Waals surface area contributed by atoms with Gasteiger partial charge in [0.05, 0.1) is 4.47 Å². The second-order valence-electron chi connectivity index (χ2n) is 6.13. The van der Waals surface area contributed by atoms with Gasteiger partial charge in [0, 0.05) is 50.7 Å². The Morgan fingerprint density at radius 1 is 1.20 bits per heavy atom. The zero-order valence-electron chi connectivity index (χ0n) is 12.6. The predicted molar refractivity (Wildman–Crippen MR) is 86.0 cm³/mol. The minimum absolute atomic E-state index is 0.00280. The average Bonchev–Trinajstić information content (AvgIpc) is 2.41. The molecule has 2 rings (SSSR count). The lowest BCUT2D eigenvalue weighted by atomic mass is 10.0. The third-order valence-electron chi connectivity index (χ3n) is 3.72. The van der Waals surface area contributed by atoms with E-state index in [2.05, 4.69) is 61.9 Å². The lowest BCUT2D eigenvalue weighted by Crippen LogP contribution is -2.46. The lowest BCUT2D eigenvalue weighted by molar-refractivity contribution is 0.147. The van der Waals surface area contributed by atoms with Crippen LogP contribution in [0.2, 0.25) is 0 Å². The molecule has 1 aliphatic heterocycles. The lowest BCUT2D eigenvalue weighted by Gasteiger charge is -2.35. The van der Waals surface area contributed by atoms with Gasteiger partial charge >= 0.3 is 0 Å². The SMILES string of the molecule is CN1CCN(CCC(C)(C)Nc2ncc(Br)cn2)CC1. The van der Waals surface area contributed by atoms with Crippen molar-refractivity contribution in [3.05, 3.63) is 16.9 Å². The summed E-state index contributed by atoms with van der Waals surface area (Å²) in [6.45, 7) is 10.2.